The van der Waals surface area contributed by atoms with Crippen molar-refractivity contribution in [1.29, 1.82) is 0 Å². The highest BCUT2D eigenvalue weighted by atomic mass is 32.1. The first kappa shape index (κ1) is 16.1. The maximum atomic E-state index is 12.7. The molecule has 23 heavy (non-hydrogen) atoms. The number of likely N-dealkylation sites (tertiary alicyclic amines) is 1. The Labute approximate surface area is 141 Å². The largest absolute Gasteiger partial charge is 0.335 e. The van der Waals surface area contributed by atoms with Crippen LogP contribution in [0.25, 0.3) is 0 Å². The zero-order chi connectivity index (χ0) is 16.6. The van der Waals surface area contributed by atoms with Gasteiger partial charge in [0.1, 0.15) is 5.69 Å². The number of aromatic nitrogens is 1. The highest BCUT2D eigenvalue weighted by Crippen LogP contribution is 2.29. The smallest absolute Gasteiger partial charge is 0.273 e. The van der Waals surface area contributed by atoms with Gasteiger partial charge in [0.05, 0.1) is 5.01 Å². The molecule has 2 heterocycles. The summed E-state index contributed by atoms with van der Waals surface area (Å²) in [4.78, 5) is 19.1. The summed E-state index contributed by atoms with van der Waals surface area (Å²) in [6, 6.07) is 10.2. The minimum absolute atomic E-state index is 0.00867. The van der Waals surface area contributed by atoms with Crippen LogP contribution in [0.3, 0.4) is 0 Å². The Morgan fingerprint density at radius 1 is 1.26 bits per heavy atom. The molecule has 0 saturated carbocycles. The first-order chi connectivity index (χ1) is 10.9. The van der Waals surface area contributed by atoms with E-state index in [0.29, 0.717) is 18.8 Å². The van der Waals surface area contributed by atoms with E-state index in [1.165, 1.54) is 5.56 Å². The fraction of sp³-hybridized carbons (Fsp3) is 0.444. The molecule has 4 nitrogen and oxygen atoms in total. The molecule has 5 heteroatoms. The Balaban J connectivity index is 1.75. The molecular weight excluding hydrogens is 306 g/mol. The van der Waals surface area contributed by atoms with Crippen molar-refractivity contribution in [2.75, 3.05) is 13.1 Å². The molecule has 0 unspecified atom stereocenters. The molecule has 1 aromatic heterocycles. The molecule has 0 bridgehead atoms. The summed E-state index contributed by atoms with van der Waals surface area (Å²) in [5, 5.41) is 2.86. The molecule has 0 radical (unpaired) electrons. The summed E-state index contributed by atoms with van der Waals surface area (Å²) in [5.41, 5.74) is 7.99. The van der Waals surface area contributed by atoms with Gasteiger partial charge in [-0.3, -0.25) is 4.79 Å². The maximum absolute atomic E-state index is 12.7. The lowest BCUT2D eigenvalue weighted by Crippen LogP contribution is -2.32. The van der Waals surface area contributed by atoms with Crippen molar-refractivity contribution in [2.24, 2.45) is 5.73 Å². The van der Waals surface area contributed by atoms with Crippen molar-refractivity contribution in [3.05, 3.63) is 52.0 Å². The molecule has 3 rings (SSSR count). The van der Waals surface area contributed by atoms with E-state index in [9.17, 15) is 4.79 Å². The number of hydrogen-bond acceptors (Lipinski definition) is 4. The molecule has 1 aliphatic heterocycles. The molecule has 2 aromatic rings. The lowest BCUT2D eigenvalue weighted by molar-refractivity contribution is 0.0784. The Hall–Kier alpha value is -1.72. The van der Waals surface area contributed by atoms with E-state index in [1.54, 1.807) is 11.3 Å². The number of rotatable bonds is 2. The molecule has 2 atom stereocenters. The van der Waals surface area contributed by atoms with E-state index >= 15 is 0 Å². The highest BCUT2D eigenvalue weighted by molar-refractivity contribution is 7.10. The molecule has 1 amide bonds. The van der Waals surface area contributed by atoms with Crippen molar-refractivity contribution in [3.63, 3.8) is 0 Å². The van der Waals surface area contributed by atoms with Crippen LogP contribution in [0.5, 0.6) is 0 Å². The molecule has 2 N–H and O–H groups in total. The zero-order valence-corrected chi connectivity index (χ0v) is 14.6. The van der Waals surface area contributed by atoms with Gasteiger partial charge in [-0.25, -0.2) is 4.98 Å². The highest BCUT2D eigenvalue weighted by Gasteiger charge is 2.35. The Morgan fingerprint density at radius 3 is 2.57 bits per heavy atom. The summed E-state index contributed by atoms with van der Waals surface area (Å²) < 4.78 is 0. The second-order valence-electron chi connectivity index (χ2n) is 7.18. The second-order valence-corrected chi connectivity index (χ2v) is 8.04. The van der Waals surface area contributed by atoms with Gasteiger partial charge in [0, 0.05) is 35.8 Å². The fourth-order valence-corrected chi connectivity index (χ4v) is 3.81. The number of benzene rings is 1. The van der Waals surface area contributed by atoms with Gasteiger partial charge in [-0.15, -0.1) is 11.3 Å². The molecule has 1 aliphatic rings. The molecule has 1 saturated heterocycles. The normalized spacial score (nSPS) is 21.7. The fourth-order valence-electron chi connectivity index (χ4n) is 2.93. The van der Waals surface area contributed by atoms with Crippen molar-refractivity contribution < 1.29 is 4.79 Å². The molecular formula is C18H23N3OS. The average Bonchev–Trinajstić information content (AvgIpc) is 3.14. The predicted molar refractivity (Wildman–Crippen MR) is 93.9 cm³/mol. The third-order valence-electron chi connectivity index (χ3n) is 4.24. The van der Waals surface area contributed by atoms with Gasteiger partial charge in [-0.2, -0.15) is 0 Å². The van der Waals surface area contributed by atoms with E-state index in [0.717, 1.165) is 5.01 Å². The summed E-state index contributed by atoms with van der Waals surface area (Å²) in [6.07, 6.45) is 0. The lowest BCUT2D eigenvalue weighted by Gasteiger charge is -2.16. The number of nitrogens with zero attached hydrogens (tertiary/aromatic N) is 2. The van der Waals surface area contributed by atoms with Crippen LogP contribution in [-0.2, 0) is 5.41 Å². The molecule has 0 spiro atoms. The van der Waals surface area contributed by atoms with E-state index in [-0.39, 0.29) is 23.3 Å². The van der Waals surface area contributed by atoms with Gasteiger partial charge < -0.3 is 10.6 Å². The Bertz CT molecular complexity index is 690. The van der Waals surface area contributed by atoms with Gasteiger partial charge >= 0.3 is 0 Å². The van der Waals surface area contributed by atoms with Crippen LogP contribution in [0, 0.1) is 0 Å². The maximum Gasteiger partial charge on any atom is 0.273 e. The molecule has 0 aliphatic carbocycles. The molecule has 122 valence electrons. The van der Waals surface area contributed by atoms with Gasteiger partial charge in [0.25, 0.3) is 5.91 Å². The predicted octanol–water partition coefficient (Wildman–Crippen LogP) is 3.01. The summed E-state index contributed by atoms with van der Waals surface area (Å²) in [5.74, 6) is 0.187. The van der Waals surface area contributed by atoms with Crippen molar-refractivity contribution in [2.45, 2.75) is 38.1 Å². The lowest BCUT2D eigenvalue weighted by atomic mass is 9.95. The van der Waals surface area contributed by atoms with Crippen molar-refractivity contribution in [1.82, 2.24) is 9.88 Å². The minimum Gasteiger partial charge on any atom is -0.335 e. The number of hydrogen-bond donors (Lipinski definition) is 1. The van der Waals surface area contributed by atoms with Crippen LogP contribution in [-0.4, -0.2) is 34.9 Å². The average molecular weight is 329 g/mol. The SMILES string of the molecule is CC(C)(C)c1nc(C(=O)N2C[C@@H](N)[C@H](c3ccccc3)C2)cs1. The van der Waals surface area contributed by atoms with Crippen LogP contribution >= 0.6 is 11.3 Å². The van der Waals surface area contributed by atoms with E-state index in [2.05, 4.69) is 37.9 Å². The number of carbonyl (C=O) groups excluding carboxylic acids is 1. The zero-order valence-electron chi connectivity index (χ0n) is 13.8. The second kappa shape index (κ2) is 6.06. The summed E-state index contributed by atoms with van der Waals surface area (Å²) >= 11 is 1.55. The first-order valence-corrected chi connectivity index (χ1v) is 8.80. The quantitative estimate of drug-likeness (QED) is 0.921. The van der Waals surface area contributed by atoms with Crippen molar-refractivity contribution in [3.8, 4) is 0 Å². The van der Waals surface area contributed by atoms with Gasteiger partial charge in [0.2, 0.25) is 0 Å². The van der Waals surface area contributed by atoms with E-state index in [4.69, 9.17) is 5.73 Å². The summed E-state index contributed by atoms with van der Waals surface area (Å²) in [7, 11) is 0. The minimum atomic E-state index is -0.0306. The Morgan fingerprint density at radius 2 is 1.96 bits per heavy atom. The van der Waals surface area contributed by atoms with Crippen LogP contribution in [0.15, 0.2) is 35.7 Å². The van der Waals surface area contributed by atoms with Crippen LogP contribution < -0.4 is 5.73 Å². The van der Waals surface area contributed by atoms with Gasteiger partial charge in [-0.1, -0.05) is 51.1 Å². The summed E-state index contributed by atoms with van der Waals surface area (Å²) in [6.45, 7) is 7.57. The number of thiazole rings is 1. The topological polar surface area (TPSA) is 59.2 Å². The molecule has 1 aromatic carbocycles. The number of carbonyl (C=O) groups is 1. The van der Waals surface area contributed by atoms with Gasteiger partial charge in [-0.05, 0) is 5.56 Å². The molecule has 1 fully saturated rings. The van der Waals surface area contributed by atoms with E-state index in [1.807, 2.05) is 28.5 Å². The number of amides is 1. The Kier molecular flexibility index (Phi) is 4.25. The van der Waals surface area contributed by atoms with Crippen LogP contribution in [0.4, 0.5) is 0 Å². The van der Waals surface area contributed by atoms with Crippen LogP contribution in [0.1, 0.15) is 47.7 Å². The number of nitrogens with two attached hydrogens (primary N) is 1. The first-order valence-electron chi connectivity index (χ1n) is 7.92. The third-order valence-corrected chi connectivity index (χ3v) is 5.51. The van der Waals surface area contributed by atoms with E-state index < -0.39 is 0 Å². The van der Waals surface area contributed by atoms with Crippen molar-refractivity contribution >= 4 is 17.2 Å². The standard InChI is InChI=1S/C18H23N3OS/c1-18(2,3)17-20-15(11-23-17)16(22)21-9-13(14(19)10-21)12-7-5-4-6-8-12/h4-8,11,13-14H,9-10,19H2,1-3H3/t13-,14+/m0/s1. The van der Waals surface area contributed by atoms with Crippen LogP contribution in [0.2, 0.25) is 0 Å². The monoisotopic (exact) mass is 329 g/mol. The third kappa shape index (κ3) is 3.31. The van der Waals surface area contributed by atoms with Gasteiger partial charge in [0.15, 0.2) is 0 Å².